The minimum atomic E-state index is -1.00. The molecule has 3 saturated heterocycles. The van der Waals surface area contributed by atoms with Crippen LogP contribution >= 0.6 is 0 Å². The topological polar surface area (TPSA) is 150 Å². The standard InChI is InChI=1S/C33H41N5O6.C10H20N2O2.CH4/c1-21-8-13-36(14-9-21)30(39)28(20-23-18-22(2)29-27(19-23)43-32(41)35(29)3)44-33(42)37-15-11-25(12-16-37)38-17-10-24-6-4-5-7-26(24)34-31(38)40;1-11(2)7-8-14-10(13)9-5-4-6-12(9)3;/h4-7,18-19,21,25,28H,8-17,20H2,1-3H3,(H,34,40);9H,4-8H2,1-3H3;1H4/t28-;9-;/m11./s1. The van der Waals surface area contributed by atoms with Crippen molar-refractivity contribution in [2.45, 2.75) is 90.8 Å². The molecule has 324 valence electrons. The van der Waals surface area contributed by atoms with Crippen molar-refractivity contribution in [1.29, 1.82) is 0 Å². The van der Waals surface area contributed by atoms with Gasteiger partial charge in [-0.1, -0.05) is 38.6 Å². The number of urea groups is 1. The third-order valence-corrected chi connectivity index (χ3v) is 12.0. The lowest BCUT2D eigenvalue weighted by atomic mass is 9.98. The van der Waals surface area contributed by atoms with Crippen LogP contribution in [-0.2, 0) is 39.0 Å². The Morgan fingerprint density at radius 3 is 2.31 bits per heavy atom. The monoisotopic (exact) mass is 819 g/mol. The summed E-state index contributed by atoms with van der Waals surface area (Å²) in [5.41, 5.74) is 4.72. The van der Waals surface area contributed by atoms with Crippen LogP contribution in [0.5, 0.6) is 0 Å². The number of aromatic nitrogens is 1. The Balaban J connectivity index is 0.000000376. The second-order valence-corrected chi connectivity index (χ2v) is 16.6. The summed E-state index contributed by atoms with van der Waals surface area (Å²) < 4.78 is 18.1. The lowest BCUT2D eigenvalue weighted by Gasteiger charge is -2.38. The Kier molecular flexibility index (Phi) is 15.6. The zero-order valence-electron chi connectivity index (χ0n) is 35.0. The van der Waals surface area contributed by atoms with E-state index in [4.69, 9.17) is 13.9 Å². The number of para-hydroxylation sites is 1. The molecule has 1 N–H and O–H groups in total. The van der Waals surface area contributed by atoms with Gasteiger partial charge in [-0.3, -0.25) is 19.1 Å². The smallest absolute Gasteiger partial charge is 0.419 e. The van der Waals surface area contributed by atoms with Crippen molar-refractivity contribution in [3.05, 3.63) is 63.6 Å². The van der Waals surface area contributed by atoms with E-state index in [1.54, 1.807) is 22.9 Å². The van der Waals surface area contributed by atoms with Gasteiger partial charge in [0.25, 0.3) is 5.91 Å². The number of benzene rings is 2. The molecule has 5 heterocycles. The molecule has 15 heteroatoms. The van der Waals surface area contributed by atoms with Crippen LogP contribution in [0, 0.1) is 12.8 Å². The average Bonchev–Trinajstić information content (AvgIpc) is 3.70. The van der Waals surface area contributed by atoms with Gasteiger partial charge in [-0.25, -0.2) is 14.4 Å². The van der Waals surface area contributed by atoms with Gasteiger partial charge in [0.2, 0.25) is 0 Å². The zero-order chi connectivity index (χ0) is 41.5. The quantitative estimate of drug-likeness (QED) is 0.289. The number of likely N-dealkylation sites (N-methyl/N-ethyl adjacent to an activating group) is 2. The van der Waals surface area contributed by atoms with Crippen LogP contribution in [-0.4, -0.2) is 145 Å². The fourth-order valence-electron chi connectivity index (χ4n) is 8.45. The minimum absolute atomic E-state index is 0. The van der Waals surface area contributed by atoms with Crippen molar-refractivity contribution in [3.8, 4) is 0 Å². The van der Waals surface area contributed by atoms with Gasteiger partial charge in [0.1, 0.15) is 12.6 Å². The Labute approximate surface area is 348 Å². The number of likely N-dealkylation sites (tertiary alicyclic amines) is 3. The molecular formula is C44H65N7O8. The number of aryl methyl sites for hydroxylation is 2. The lowest BCUT2D eigenvalue weighted by molar-refractivity contribution is -0.148. The number of carbonyl (C=O) groups excluding carboxylic acids is 4. The van der Waals surface area contributed by atoms with Gasteiger partial charge in [0.15, 0.2) is 11.7 Å². The van der Waals surface area contributed by atoms with Crippen molar-refractivity contribution in [2.75, 3.05) is 78.9 Å². The van der Waals surface area contributed by atoms with E-state index in [2.05, 4.69) is 17.1 Å². The first-order chi connectivity index (χ1) is 27.8. The molecule has 4 aliphatic rings. The normalized spacial score (nSPS) is 19.6. The third-order valence-electron chi connectivity index (χ3n) is 12.0. The van der Waals surface area contributed by atoms with E-state index in [1.807, 2.05) is 68.2 Å². The van der Waals surface area contributed by atoms with Crippen molar-refractivity contribution in [3.63, 3.8) is 0 Å². The first kappa shape index (κ1) is 45.2. The molecule has 3 aromatic rings. The van der Waals surface area contributed by atoms with Crippen LogP contribution in [0.15, 0.2) is 45.6 Å². The number of amides is 4. The molecule has 2 aromatic carbocycles. The maximum Gasteiger partial charge on any atom is 0.419 e. The molecule has 7 rings (SSSR count). The molecule has 0 aliphatic carbocycles. The third kappa shape index (κ3) is 11.2. The van der Waals surface area contributed by atoms with Gasteiger partial charge in [0, 0.05) is 64.5 Å². The van der Waals surface area contributed by atoms with Crippen molar-refractivity contribution in [1.82, 2.24) is 29.1 Å². The zero-order valence-corrected chi connectivity index (χ0v) is 35.0. The molecule has 2 atom stereocenters. The SMILES string of the molecule is C.CN(C)CCOC(=O)[C@H]1CCCN1C.Cc1cc(C[C@@H](OC(=O)N2CCC(N3CCc4ccccc4NC3=O)CC2)C(=O)N2CCC(C)CC2)cc2oc(=O)n(C)c12. The van der Waals surface area contributed by atoms with Gasteiger partial charge in [-0.2, -0.15) is 0 Å². The van der Waals surface area contributed by atoms with Gasteiger partial charge in [-0.15, -0.1) is 0 Å². The number of carbonyl (C=O) groups is 4. The number of ether oxygens (including phenoxy) is 2. The number of nitrogens with one attached hydrogen (secondary N) is 1. The molecular weight excluding hydrogens is 755 g/mol. The van der Waals surface area contributed by atoms with Gasteiger partial charge in [0.05, 0.1) is 5.52 Å². The van der Waals surface area contributed by atoms with Crippen molar-refractivity contribution >= 4 is 40.8 Å². The Hall–Kier alpha value is -4.89. The molecule has 0 spiro atoms. The highest BCUT2D eigenvalue weighted by molar-refractivity contribution is 5.91. The van der Waals surface area contributed by atoms with E-state index in [1.165, 1.54) is 4.57 Å². The lowest BCUT2D eigenvalue weighted by Crippen LogP contribution is -2.51. The van der Waals surface area contributed by atoms with Crippen LogP contribution in [0.4, 0.5) is 15.3 Å². The van der Waals surface area contributed by atoms with Crippen molar-refractivity contribution < 1.29 is 33.1 Å². The van der Waals surface area contributed by atoms with Gasteiger partial charge < -0.3 is 38.8 Å². The molecule has 4 amide bonds. The molecule has 15 nitrogen and oxygen atoms in total. The van der Waals surface area contributed by atoms with E-state index < -0.39 is 18.0 Å². The number of hydrogen-bond donors (Lipinski definition) is 1. The minimum Gasteiger partial charge on any atom is -0.463 e. The predicted octanol–water partition coefficient (Wildman–Crippen LogP) is 5.12. The second kappa shape index (κ2) is 20.4. The summed E-state index contributed by atoms with van der Waals surface area (Å²) in [5, 5.41) is 3.03. The van der Waals surface area contributed by atoms with Crippen LogP contribution in [0.2, 0.25) is 0 Å². The average molecular weight is 820 g/mol. The highest BCUT2D eigenvalue weighted by Crippen LogP contribution is 2.27. The first-order valence-corrected chi connectivity index (χ1v) is 20.8. The summed E-state index contributed by atoms with van der Waals surface area (Å²) in [6, 6.07) is 11.4. The number of rotatable bonds is 9. The predicted molar refractivity (Wildman–Crippen MR) is 228 cm³/mol. The fraction of sp³-hybridized carbons (Fsp3) is 0.614. The molecule has 3 fully saturated rings. The number of fused-ring (bicyclic) bond motifs is 2. The number of anilines is 1. The number of piperidine rings is 2. The molecule has 59 heavy (non-hydrogen) atoms. The Bertz CT molecular complexity index is 1980. The van der Waals surface area contributed by atoms with Crippen LogP contribution < -0.4 is 11.1 Å². The largest absolute Gasteiger partial charge is 0.463 e. The number of oxazole rings is 1. The summed E-state index contributed by atoms with van der Waals surface area (Å²) >= 11 is 0. The molecule has 0 bridgehead atoms. The number of nitrogens with zero attached hydrogens (tertiary/aromatic N) is 6. The molecule has 0 radical (unpaired) electrons. The van der Waals surface area contributed by atoms with E-state index in [-0.39, 0.29) is 43.8 Å². The maximum absolute atomic E-state index is 13.8. The highest BCUT2D eigenvalue weighted by Gasteiger charge is 2.36. The molecule has 4 aliphatic heterocycles. The van der Waals surface area contributed by atoms with Gasteiger partial charge >= 0.3 is 23.8 Å². The molecule has 0 unspecified atom stereocenters. The highest BCUT2D eigenvalue weighted by atomic mass is 16.6. The Morgan fingerprint density at radius 2 is 1.63 bits per heavy atom. The Morgan fingerprint density at radius 1 is 0.932 bits per heavy atom. The van der Waals surface area contributed by atoms with Crippen LogP contribution in [0.1, 0.15) is 69.6 Å². The number of esters is 1. The summed E-state index contributed by atoms with van der Waals surface area (Å²) in [7, 11) is 7.57. The summed E-state index contributed by atoms with van der Waals surface area (Å²) in [6.45, 7) is 9.12. The first-order valence-electron chi connectivity index (χ1n) is 20.8. The molecule has 0 saturated carbocycles. The van der Waals surface area contributed by atoms with Crippen LogP contribution in [0.3, 0.4) is 0 Å². The van der Waals surface area contributed by atoms with Crippen molar-refractivity contribution in [2.24, 2.45) is 13.0 Å². The van der Waals surface area contributed by atoms with Gasteiger partial charge in [-0.05, 0) is 114 Å². The summed E-state index contributed by atoms with van der Waals surface area (Å²) in [5.74, 6) is -0.166. The summed E-state index contributed by atoms with van der Waals surface area (Å²) in [6.07, 6.45) is 4.55. The second-order valence-electron chi connectivity index (χ2n) is 16.6. The van der Waals surface area contributed by atoms with E-state index in [9.17, 15) is 24.0 Å². The molecule has 1 aromatic heterocycles. The number of hydrogen-bond acceptors (Lipinski definition) is 10. The van der Waals surface area contributed by atoms with E-state index in [0.717, 1.165) is 67.6 Å². The van der Waals surface area contributed by atoms with Crippen LogP contribution in [0.25, 0.3) is 11.1 Å². The van der Waals surface area contributed by atoms with E-state index in [0.29, 0.717) is 69.2 Å². The van der Waals surface area contributed by atoms with E-state index >= 15 is 0 Å². The maximum atomic E-state index is 13.8. The summed E-state index contributed by atoms with van der Waals surface area (Å²) in [4.78, 5) is 73.4. The fourth-order valence-corrected chi connectivity index (χ4v) is 8.45.